The first-order valence-corrected chi connectivity index (χ1v) is 4.69. The van der Waals surface area contributed by atoms with E-state index in [0.717, 1.165) is 0 Å². The topological polar surface area (TPSA) is 66.9 Å². The molecular weight excluding hydrogens is 184 g/mol. The van der Waals surface area contributed by atoms with Gasteiger partial charge >= 0.3 is 0 Å². The van der Waals surface area contributed by atoms with E-state index in [-0.39, 0.29) is 0 Å². The van der Waals surface area contributed by atoms with E-state index in [4.69, 9.17) is 0 Å². The van der Waals surface area contributed by atoms with E-state index in [1.54, 1.807) is 0 Å². The average Bonchev–Trinajstić information content (AvgIpc) is 2.48. The second kappa shape index (κ2) is 4.14. The number of aromatic nitrogens is 2. The van der Waals surface area contributed by atoms with Crippen LogP contribution in [0.4, 0.5) is 5.13 Å². The highest BCUT2D eigenvalue weighted by Gasteiger charge is 1.99. The van der Waals surface area contributed by atoms with Crippen molar-refractivity contribution in [1.29, 1.82) is 0 Å². The summed E-state index contributed by atoms with van der Waals surface area (Å²) in [4.78, 5) is 13.8. The Kier molecular flexibility index (Phi) is 3.12. The molecule has 1 amide bonds. The fraction of sp³-hybridized carbons (Fsp3) is 0.250. The zero-order chi connectivity index (χ0) is 8.10. The molecule has 0 aliphatic heterocycles. The lowest BCUT2D eigenvalue weighted by atomic mass is 11.1. The van der Waals surface area contributed by atoms with Crippen LogP contribution in [-0.4, -0.2) is 22.0 Å². The molecule has 5 nitrogen and oxygen atoms in total. The van der Waals surface area contributed by atoms with Crippen molar-refractivity contribution in [2.45, 2.75) is 5.16 Å². The summed E-state index contributed by atoms with van der Waals surface area (Å²) < 4.78 is 3.96. The van der Waals surface area contributed by atoms with E-state index in [1.807, 2.05) is 6.26 Å². The van der Waals surface area contributed by atoms with Gasteiger partial charge in [-0.15, -0.1) is 0 Å². The second-order valence-corrected chi connectivity index (χ2v) is 3.00. The summed E-state index contributed by atoms with van der Waals surface area (Å²) in [6, 6.07) is 0. The van der Waals surface area contributed by atoms with Gasteiger partial charge in [0.15, 0.2) is 0 Å². The number of nitrogens with zero attached hydrogens (tertiary/aromatic N) is 2. The van der Waals surface area contributed by atoms with Gasteiger partial charge in [0.05, 0.1) is 0 Å². The average molecular weight is 190 g/mol. The third-order valence-corrected chi connectivity index (χ3v) is 2.12. The Morgan fingerprint density at radius 3 is 3.09 bits per heavy atom. The summed E-state index contributed by atoms with van der Waals surface area (Å²) in [6.07, 6.45) is 2.43. The van der Waals surface area contributed by atoms with Crippen molar-refractivity contribution in [2.75, 3.05) is 11.7 Å². The van der Waals surface area contributed by atoms with Gasteiger partial charge in [0.2, 0.25) is 16.7 Å². The summed E-state index contributed by atoms with van der Waals surface area (Å²) in [5.74, 6) is 0. The van der Waals surface area contributed by atoms with Crippen molar-refractivity contribution in [3.8, 4) is 0 Å². The molecule has 1 aromatic heterocycles. The molecule has 0 radical (unpaired) electrons. The van der Waals surface area contributed by atoms with Gasteiger partial charge in [-0.25, -0.2) is 0 Å². The molecule has 0 spiro atoms. The van der Waals surface area contributed by atoms with Crippen LogP contribution in [0.25, 0.3) is 0 Å². The molecule has 0 unspecified atom stereocenters. The maximum atomic E-state index is 9.83. The maximum absolute atomic E-state index is 9.83. The van der Waals surface area contributed by atoms with Crippen molar-refractivity contribution >= 4 is 34.8 Å². The molecule has 0 aliphatic carbocycles. The van der Waals surface area contributed by atoms with Gasteiger partial charge in [0, 0.05) is 11.5 Å². The van der Waals surface area contributed by atoms with Crippen molar-refractivity contribution in [2.24, 2.45) is 0 Å². The number of thioether (sulfide) groups is 1. The largest absolute Gasteiger partial charge is 0.277 e. The minimum absolute atomic E-state index is 0.542. The predicted molar refractivity (Wildman–Crippen MR) is 44.5 cm³/mol. The Bertz CT molecular complexity index is 238. The second-order valence-electron chi connectivity index (χ2n) is 1.47. The molecule has 2 N–H and O–H groups in total. The summed E-state index contributed by atoms with van der Waals surface area (Å²) in [5, 5.41) is 1.28. The van der Waals surface area contributed by atoms with Crippen LogP contribution < -0.4 is 10.9 Å². The monoisotopic (exact) mass is 190 g/mol. The Morgan fingerprint density at radius 1 is 1.73 bits per heavy atom. The van der Waals surface area contributed by atoms with Gasteiger partial charge in [0.25, 0.3) is 0 Å². The van der Waals surface area contributed by atoms with Gasteiger partial charge in [0.1, 0.15) is 0 Å². The molecule has 1 heterocycles. The van der Waals surface area contributed by atoms with Crippen LogP contribution in [0.5, 0.6) is 0 Å². The molecule has 1 rings (SSSR count). The summed E-state index contributed by atoms with van der Waals surface area (Å²) in [7, 11) is 0. The molecule has 0 aromatic carbocycles. The van der Waals surface area contributed by atoms with Crippen LogP contribution in [0.3, 0.4) is 0 Å². The van der Waals surface area contributed by atoms with E-state index < -0.39 is 0 Å². The van der Waals surface area contributed by atoms with Gasteiger partial charge in [-0.3, -0.25) is 15.6 Å². The SMILES string of the molecule is CSc1nsc(NNC=O)n1. The van der Waals surface area contributed by atoms with Crippen molar-refractivity contribution in [1.82, 2.24) is 14.8 Å². The molecule has 0 fully saturated rings. The van der Waals surface area contributed by atoms with Crippen LogP contribution in [0.2, 0.25) is 0 Å². The normalized spacial score (nSPS) is 9.18. The minimum Gasteiger partial charge on any atom is -0.277 e. The van der Waals surface area contributed by atoms with E-state index in [2.05, 4.69) is 20.2 Å². The lowest BCUT2D eigenvalue weighted by Gasteiger charge is -1.94. The van der Waals surface area contributed by atoms with Gasteiger partial charge in [-0.1, -0.05) is 11.8 Å². The van der Waals surface area contributed by atoms with E-state index in [1.165, 1.54) is 23.3 Å². The molecule has 0 saturated heterocycles. The number of carbonyl (C=O) groups is 1. The zero-order valence-corrected chi connectivity index (χ0v) is 7.33. The van der Waals surface area contributed by atoms with Gasteiger partial charge < -0.3 is 0 Å². The summed E-state index contributed by atoms with van der Waals surface area (Å²) in [6.45, 7) is 0. The highest BCUT2D eigenvalue weighted by molar-refractivity contribution is 7.98. The Morgan fingerprint density at radius 2 is 2.55 bits per heavy atom. The molecule has 0 aliphatic rings. The van der Waals surface area contributed by atoms with Crippen molar-refractivity contribution in [3.05, 3.63) is 0 Å². The molecule has 1 aromatic rings. The number of nitrogens with one attached hydrogen (secondary N) is 2. The van der Waals surface area contributed by atoms with Crippen LogP contribution >= 0.6 is 23.3 Å². The van der Waals surface area contributed by atoms with Crippen LogP contribution in [0.1, 0.15) is 0 Å². The van der Waals surface area contributed by atoms with Gasteiger partial charge in [-0.2, -0.15) is 9.36 Å². The number of hydrogen-bond acceptors (Lipinski definition) is 6. The van der Waals surface area contributed by atoms with Gasteiger partial charge in [-0.05, 0) is 6.26 Å². The number of hydrazine groups is 1. The fourth-order valence-electron chi connectivity index (χ4n) is 0.435. The molecule has 60 valence electrons. The van der Waals surface area contributed by atoms with Crippen LogP contribution in [0, 0.1) is 0 Å². The number of carbonyl (C=O) groups excluding carboxylic acids is 1. The molecule has 7 heteroatoms. The molecular formula is C4H6N4OS2. The smallest absolute Gasteiger partial charge is 0.225 e. The molecule has 11 heavy (non-hydrogen) atoms. The number of anilines is 1. The van der Waals surface area contributed by atoms with Crippen LogP contribution in [-0.2, 0) is 4.79 Å². The molecule has 0 saturated carbocycles. The first-order chi connectivity index (χ1) is 5.36. The lowest BCUT2D eigenvalue weighted by molar-refractivity contribution is -0.109. The summed E-state index contributed by atoms with van der Waals surface area (Å²) >= 11 is 2.65. The number of rotatable bonds is 4. The Balaban J connectivity index is 2.50. The third kappa shape index (κ3) is 2.35. The first kappa shape index (κ1) is 8.28. The highest BCUT2D eigenvalue weighted by Crippen LogP contribution is 2.16. The zero-order valence-electron chi connectivity index (χ0n) is 5.70. The van der Waals surface area contributed by atoms with E-state index >= 15 is 0 Å². The number of amides is 1. The summed E-state index contributed by atoms with van der Waals surface area (Å²) in [5.41, 5.74) is 4.83. The maximum Gasteiger partial charge on any atom is 0.225 e. The minimum atomic E-state index is 0.542. The van der Waals surface area contributed by atoms with Crippen molar-refractivity contribution < 1.29 is 4.79 Å². The van der Waals surface area contributed by atoms with Crippen molar-refractivity contribution in [3.63, 3.8) is 0 Å². The standard InChI is InChI=1S/C4H6N4OS2/c1-10-4-6-3(11-8-4)7-5-2-9/h2H,1H3,(H,5,9)(H,6,7,8). The number of hydrogen-bond donors (Lipinski definition) is 2. The third-order valence-electron chi connectivity index (χ3n) is 0.828. The Hall–Kier alpha value is -0.820. The van der Waals surface area contributed by atoms with Crippen LogP contribution in [0.15, 0.2) is 5.16 Å². The lowest BCUT2D eigenvalue weighted by Crippen LogP contribution is -2.18. The van der Waals surface area contributed by atoms with E-state index in [9.17, 15) is 4.79 Å². The predicted octanol–water partition coefficient (Wildman–Crippen LogP) is 0.333. The quantitative estimate of drug-likeness (QED) is 0.407. The first-order valence-electron chi connectivity index (χ1n) is 2.69. The molecule has 0 atom stereocenters. The van der Waals surface area contributed by atoms with E-state index in [0.29, 0.717) is 16.7 Å². The fourth-order valence-corrected chi connectivity index (χ4v) is 1.52. The Labute approximate surface area is 71.7 Å². The molecule has 0 bridgehead atoms. The highest BCUT2D eigenvalue weighted by atomic mass is 32.2.